The molecule has 0 saturated heterocycles. The molecule has 0 unspecified atom stereocenters. The number of carbonyl (C=O) groups is 1. The van der Waals surface area contributed by atoms with E-state index in [2.05, 4.69) is 4.84 Å². The molecule has 0 saturated carbocycles. The largest absolute Gasteiger partial charge is 0.277 e. The summed E-state index contributed by atoms with van der Waals surface area (Å²) in [5.74, 6) is -0.429. The van der Waals surface area contributed by atoms with Gasteiger partial charge in [0.05, 0.1) is 12.0 Å². The number of carbonyl (C=O) groups excluding carboxylic acids is 1. The molecule has 1 aromatic carbocycles. The Hall–Kier alpha value is -1.95. The van der Waals surface area contributed by atoms with E-state index in [1.807, 2.05) is 0 Å². The first kappa shape index (κ1) is 11.1. The van der Waals surface area contributed by atoms with Gasteiger partial charge in [0.15, 0.2) is 0 Å². The first-order valence-electron chi connectivity index (χ1n) is 4.13. The fourth-order valence-corrected chi connectivity index (χ4v) is 1.02. The van der Waals surface area contributed by atoms with Crippen LogP contribution in [0.15, 0.2) is 24.3 Å². The van der Waals surface area contributed by atoms with Crippen LogP contribution in [0.2, 0.25) is 0 Å². The Morgan fingerprint density at radius 2 is 2.20 bits per heavy atom. The number of nitrogens with zero attached hydrogens (tertiary/aromatic N) is 2. The third kappa shape index (κ3) is 2.50. The van der Waals surface area contributed by atoms with Crippen LogP contribution in [-0.4, -0.2) is 30.1 Å². The van der Waals surface area contributed by atoms with Crippen LogP contribution in [0.5, 0.6) is 0 Å². The summed E-state index contributed by atoms with van der Waals surface area (Å²) < 4.78 is 0. The molecule has 6 nitrogen and oxygen atoms in total. The molecule has 1 amide bonds. The Bertz CT molecular complexity index is 391. The van der Waals surface area contributed by atoms with Gasteiger partial charge in [-0.2, -0.15) is 0 Å². The summed E-state index contributed by atoms with van der Waals surface area (Å²) in [5, 5.41) is 11.5. The molecule has 0 radical (unpaired) electrons. The quantitative estimate of drug-likeness (QED) is 0.555. The average molecular weight is 210 g/mol. The Kier molecular flexibility index (Phi) is 3.35. The van der Waals surface area contributed by atoms with Gasteiger partial charge in [0.2, 0.25) is 0 Å². The van der Waals surface area contributed by atoms with Crippen LogP contribution < -0.4 is 0 Å². The molecule has 0 aliphatic heterocycles. The molecular formula is C9H10N2O4. The number of rotatable bonds is 3. The van der Waals surface area contributed by atoms with Gasteiger partial charge in [-0.05, 0) is 6.07 Å². The summed E-state index contributed by atoms with van der Waals surface area (Å²) in [4.78, 5) is 26.1. The highest BCUT2D eigenvalue weighted by atomic mass is 16.7. The Balaban J connectivity index is 3.00. The van der Waals surface area contributed by atoms with Crippen molar-refractivity contribution in [1.29, 1.82) is 0 Å². The molecule has 0 N–H and O–H groups in total. The lowest BCUT2D eigenvalue weighted by molar-refractivity contribution is -0.384. The van der Waals surface area contributed by atoms with E-state index < -0.39 is 10.8 Å². The van der Waals surface area contributed by atoms with Gasteiger partial charge in [0.25, 0.3) is 11.6 Å². The standard InChI is InChI=1S/C9H10N2O4/c1-10(15-2)9(12)7-4-3-5-8(6-7)11(13)14/h3-6H,1-2H3. The number of hydrogen-bond acceptors (Lipinski definition) is 4. The van der Waals surface area contributed by atoms with Gasteiger partial charge in [-0.25, -0.2) is 5.06 Å². The zero-order valence-corrected chi connectivity index (χ0v) is 8.34. The normalized spacial score (nSPS) is 9.73. The predicted molar refractivity (Wildman–Crippen MR) is 52.2 cm³/mol. The minimum absolute atomic E-state index is 0.120. The van der Waals surface area contributed by atoms with E-state index in [-0.39, 0.29) is 11.3 Å². The number of hydrogen-bond donors (Lipinski definition) is 0. The summed E-state index contributed by atoms with van der Waals surface area (Å²) >= 11 is 0. The average Bonchev–Trinajstić information content (AvgIpc) is 2.27. The SMILES string of the molecule is CON(C)C(=O)c1cccc([N+](=O)[O-])c1. The zero-order valence-electron chi connectivity index (χ0n) is 8.34. The molecule has 15 heavy (non-hydrogen) atoms. The van der Waals surface area contributed by atoms with Crippen molar-refractivity contribution in [2.45, 2.75) is 0 Å². The smallest absolute Gasteiger partial charge is 0.274 e. The van der Waals surface area contributed by atoms with Crippen LogP contribution in [0, 0.1) is 10.1 Å². The van der Waals surface area contributed by atoms with Crippen LogP contribution in [0.1, 0.15) is 10.4 Å². The first-order chi connectivity index (χ1) is 7.06. The van der Waals surface area contributed by atoms with E-state index in [4.69, 9.17) is 0 Å². The molecule has 0 aliphatic rings. The van der Waals surface area contributed by atoms with Crippen molar-refractivity contribution in [3.63, 3.8) is 0 Å². The van der Waals surface area contributed by atoms with Crippen molar-refractivity contribution >= 4 is 11.6 Å². The van der Waals surface area contributed by atoms with Gasteiger partial charge in [0.1, 0.15) is 0 Å². The maximum absolute atomic E-state index is 11.5. The number of hydroxylamine groups is 2. The van der Waals surface area contributed by atoms with Gasteiger partial charge in [-0.1, -0.05) is 6.07 Å². The molecule has 80 valence electrons. The van der Waals surface area contributed by atoms with Gasteiger partial charge in [-0.3, -0.25) is 19.7 Å². The van der Waals surface area contributed by atoms with Crippen molar-refractivity contribution in [2.75, 3.05) is 14.2 Å². The van der Waals surface area contributed by atoms with Crippen LogP contribution in [0.3, 0.4) is 0 Å². The second-order valence-electron chi connectivity index (χ2n) is 2.79. The van der Waals surface area contributed by atoms with Crippen molar-refractivity contribution in [3.05, 3.63) is 39.9 Å². The van der Waals surface area contributed by atoms with E-state index in [0.717, 1.165) is 5.06 Å². The summed E-state index contributed by atoms with van der Waals surface area (Å²) in [6, 6.07) is 5.47. The van der Waals surface area contributed by atoms with Crippen LogP contribution >= 0.6 is 0 Å². The molecule has 0 aliphatic carbocycles. The maximum atomic E-state index is 11.5. The van der Waals surface area contributed by atoms with Crippen molar-refractivity contribution in [3.8, 4) is 0 Å². The molecule has 0 spiro atoms. The number of nitro benzene ring substituents is 1. The van der Waals surface area contributed by atoms with Gasteiger partial charge < -0.3 is 0 Å². The third-order valence-corrected chi connectivity index (χ3v) is 1.86. The van der Waals surface area contributed by atoms with Crippen LogP contribution in [0.4, 0.5) is 5.69 Å². The first-order valence-corrected chi connectivity index (χ1v) is 4.13. The molecule has 1 rings (SSSR count). The molecular weight excluding hydrogens is 200 g/mol. The van der Waals surface area contributed by atoms with Gasteiger partial charge >= 0.3 is 0 Å². The van der Waals surface area contributed by atoms with E-state index in [0.29, 0.717) is 0 Å². The monoisotopic (exact) mass is 210 g/mol. The summed E-state index contributed by atoms with van der Waals surface area (Å²) in [6.45, 7) is 0. The summed E-state index contributed by atoms with van der Waals surface area (Å²) in [7, 11) is 2.77. The minimum Gasteiger partial charge on any atom is -0.274 e. The van der Waals surface area contributed by atoms with Gasteiger partial charge in [0, 0.05) is 24.7 Å². The van der Waals surface area contributed by atoms with Crippen LogP contribution in [0.25, 0.3) is 0 Å². The highest BCUT2D eigenvalue weighted by molar-refractivity contribution is 5.93. The van der Waals surface area contributed by atoms with Crippen LogP contribution in [-0.2, 0) is 4.84 Å². The van der Waals surface area contributed by atoms with Crippen molar-refractivity contribution in [2.24, 2.45) is 0 Å². The van der Waals surface area contributed by atoms with Gasteiger partial charge in [-0.15, -0.1) is 0 Å². The number of amides is 1. The Labute approximate surface area is 86.2 Å². The van der Waals surface area contributed by atoms with E-state index in [1.165, 1.54) is 38.4 Å². The Morgan fingerprint density at radius 1 is 1.53 bits per heavy atom. The number of non-ortho nitro benzene ring substituents is 1. The third-order valence-electron chi connectivity index (χ3n) is 1.86. The second-order valence-corrected chi connectivity index (χ2v) is 2.79. The molecule has 6 heteroatoms. The molecule has 0 aromatic heterocycles. The molecule has 1 aromatic rings. The Morgan fingerprint density at radius 3 is 2.73 bits per heavy atom. The fourth-order valence-electron chi connectivity index (χ4n) is 1.02. The number of benzene rings is 1. The maximum Gasteiger partial charge on any atom is 0.277 e. The fraction of sp³-hybridized carbons (Fsp3) is 0.222. The highest BCUT2D eigenvalue weighted by Gasteiger charge is 2.14. The van der Waals surface area contributed by atoms with E-state index in [1.54, 1.807) is 0 Å². The lowest BCUT2D eigenvalue weighted by Crippen LogP contribution is -2.25. The molecule has 0 heterocycles. The number of nitro groups is 1. The highest BCUT2D eigenvalue weighted by Crippen LogP contribution is 2.14. The summed E-state index contributed by atoms with van der Waals surface area (Å²) in [6.07, 6.45) is 0. The van der Waals surface area contributed by atoms with E-state index in [9.17, 15) is 14.9 Å². The molecule has 0 atom stereocenters. The predicted octanol–water partition coefficient (Wildman–Crippen LogP) is 1.23. The van der Waals surface area contributed by atoms with Crippen molar-refractivity contribution in [1.82, 2.24) is 5.06 Å². The van der Waals surface area contributed by atoms with Crippen molar-refractivity contribution < 1.29 is 14.6 Å². The minimum atomic E-state index is -0.552. The zero-order chi connectivity index (χ0) is 11.4. The second kappa shape index (κ2) is 4.52. The molecule has 0 fully saturated rings. The summed E-state index contributed by atoms with van der Waals surface area (Å²) in [5.41, 5.74) is 0.0962. The lowest BCUT2D eigenvalue weighted by Gasteiger charge is -2.12. The van der Waals surface area contributed by atoms with E-state index >= 15 is 0 Å². The lowest BCUT2D eigenvalue weighted by atomic mass is 10.2. The molecule has 0 bridgehead atoms. The topological polar surface area (TPSA) is 72.7 Å².